The summed E-state index contributed by atoms with van der Waals surface area (Å²) in [6.45, 7) is 0.365. The lowest BCUT2D eigenvalue weighted by Crippen LogP contribution is -2.45. The van der Waals surface area contributed by atoms with Gasteiger partial charge in [0.05, 0.1) is 13.7 Å². The molecule has 0 radical (unpaired) electrons. The third kappa shape index (κ3) is 4.71. The number of esters is 1. The SMILES string of the molecule is COC(=O)C1CCCN1C(=O)CNC(=O)CCc1cccc(O)c1. The smallest absolute Gasteiger partial charge is 0.328 e. The average molecular weight is 334 g/mol. The van der Waals surface area contributed by atoms with Crippen LogP contribution in [0.2, 0.25) is 0 Å². The number of phenolic OH excluding ortho intramolecular Hbond substituents is 1. The second-order valence-corrected chi connectivity index (χ2v) is 5.71. The lowest BCUT2D eigenvalue weighted by atomic mass is 10.1. The van der Waals surface area contributed by atoms with Crippen LogP contribution >= 0.6 is 0 Å². The maximum Gasteiger partial charge on any atom is 0.328 e. The average Bonchev–Trinajstić information content (AvgIpc) is 3.07. The lowest BCUT2D eigenvalue weighted by Gasteiger charge is -2.22. The number of amides is 2. The maximum absolute atomic E-state index is 12.2. The maximum atomic E-state index is 12.2. The highest BCUT2D eigenvalue weighted by Gasteiger charge is 2.34. The molecular formula is C17H22N2O5. The van der Waals surface area contributed by atoms with Crippen molar-refractivity contribution in [2.24, 2.45) is 0 Å². The van der Waals surface area contributed by atoms with Gasteiger partial charge in [0, 0.05) is 13.0 Å². The standard InChI is InChI=1S/C17H22N2O5/c1-24-17(23)14-6-3-9-19(14)16(22)11-18-15(21)8-7-12-4-2-5-13(20)10-12/h2,4-5,10,14,20H,3,6-9,11H2,1H3,(H,18,21). The third-order valence-electron chi connectivity index (χ3n) is 4.03. The van der Waals surface area contributed by atoms with E-state index in [1.807, 2.05) is 6.07 Å². The molecule has 24 heavy (non-hydrogen) atoms. The number of nitrogens with one attached hydrogen (secondary N) is 1. The number of hydrogen-bond acceptors (Lipinski definition) is 5. The molecule has 2 rings (SSSR count). The molecule has 1 atom stereocenters. The molecule has 1 saturated heterocycles. The van der Waals surface area contributed by atoms with Crippen LogP contribution in [0.3, 0.4) is 0 Å². The number of ether oxygens (including phenoxy) is 1. The number of benzene rings is 1. The Hall–Kier alpha value is -2.57. The normalized spacial score (nSPS) is 16.7. The summed E-state index contributed by atoms with van der Waals surface area (Å²) in [6, 6.07) is 6.15. The van der Waals surface area contributed by atoms with Crippen molar-refractivity contribution in [3.8, 4) is 5.75 Å². The van der Waals surface area contributed by atoms with Crippen LogP contribution in [0.5, 0.6) is 5.75 Å². The topological polar surface area (TPSA) is 95.9 Å². The molecule has 0 spiro atoms. The predicted molar refractivity (Wildman–Crippen MR) is 86.2 cm³/mol. The molecule has 0 bridgehead atoms. The zero-order valence-electron chi connectivity index (χ0n) is 13.7. The number of carbonyl (C=O) groups is 3. The summed E-state index contributed by atoms with van der Waals surface area (Å²) in [5.41, 5.74) is 0.849. The zero-order valence-corrected chi connectivity index (χ0v) is 13.7. The number of hydrogen-bond donors (Lipinski definition) is 2. The predicted octanol–water partition coefficient (Wildman–Crippen LogP) is 0.605. The highest BCUT2D eigenvalue weighted by molar-refractivity contribution is 5.88. The van der Waals surface area contributed by atoms with Crippen LogP contribution in [0.1, 0.15) is 24.8 Å². The molecule has 2 N–H and O–H groups in total. The summed E-state index contributed by atoms with van der Waals surface area (Å²) in [5, 5.41) is 12.0. The van der Waals surface area contributed by atoms with Crippen molar-refractivity contribution in [1.29, 1.82) is 0 Å². The molecule has 0 saturated carbocycles. The summed E-state index contributed by atoms with van der Waals surface area (Å²) < 4.78 is 4.70. The van der Waals surface area contributed by atoms with E-state index in [9.17, 15) is 19.5 Å². The highest BCUT2D eigenvalue weighted by atomic mass is 16.5. The first-order chi connectivity index (χ1) is 11.5. The van der Waals surface area contributed by atoms with Gasteiger partial charge in [-0.05, 0) is 37.0 Å². The Morgan fingerprint density at radius 1 is 1.38 bits per heavy atom. The molecule has 1 aliphatic rings. The Bertz CT molecular complexity index is 617. The van der Waals surface area contributed by atoms with Crippen molar-refractivity contribution in [2.45, 2.75) is 31.7 Å². The lowest BCUT2D eigenvalue weighted by molar-refractivity contribution is -0.150. The Kier molecular flexibility index (Phi) is 6.17. The first kappa shape index (κ1) is 17.8. The van der Waals surface area contributed by atoms with E-state index in [-0.39, 0.29) is 30.5 Å². The molecule has 0 aliphatic carbocycles. The largest absolute Gasteiger partial charge is 0.508 e. The van der Waals surface area contributed by atoms with Crippen LogP contribution in [0.4, 0.5) is 0 Å². The van der Waals surface area contributed by atoms with Crippen molar-refractivity contribution in [3.63, 3.8) is 0 Å². The molecule has 1 aromatic carbocycles. The molecule has 1 unspecified atom stereocenters. The van der Waals surface area contributed by atoms with Crippen molar-refractivity contribution < 1.29 is 24.2 Å². The van der Waals surface area contributed by atoms with Crippen LogP contribution in [-0.4, -0.2) is 54.0 Å². The van der Waals surface area contributed by atoms with Crippen molar-refractivity contribution in [2.75, 3.05) is 20.2 Å². The number of aromatic hydroxyl groups is 1. The van der Waals surface area contributed by atoms with Gasteiger partial charge in [0.25, 0.3) is 0 Å². The minimum Gasteiger partial charge on any atom is -0.508 e. The van der Waals surface area contributed by atoms with Crippen molar-refractivity contribution >= 4 is 17.8 Å². The number of carbonyl (C=O) groups excluding carboxylic acids is 3. The van der Waals surface area contributed by atoms with Gasteiger partial charge in [0.1, 0.15) is 11.8 Å². The van der Waals surface area contributed by atoms with E-state index in [1.54, 1.807) is 18.2 Å². The molecule has 1 heterocycles. The number of likely N-dealkylation sites (tertiary alicyclic amines) is 1. The zero-order chi connectivity index (χ0) is 17.5. The first-order valence-corrected chi connectivity index (χ1v) is 7.93. The van der Waals surface area contributed by atoms with Crippen LogP contribution < -0.4 is 5.32 Å². The van der Waals surface area contributed by atoms with E-state index in [1.165, 1.54) is 12.0 Å². The fourth-order valence-electron chi connectivity index (χ4n) is 2.78. The van der Waals surface area contributed by atoms with Gasteiger partial charge in [-0.25, -0.2) is 4.79 Å². The van der Waals surface area contributed by atoms with Gasteiger partial charge in [0.2, 0.25) is 11.8 Å². The van der Waals surface area contributed by atoms with E-state index >= 15 is 0 Å². The molecule has 1 fully saturated rings. The van der Waals surface area contributed by atoms with E-state index < -0.39 is 12.0 Å². The Morgan fingerprint density at radius 2 is 2.17 bits per heavy atom. The van der Waals surface area contributed by atoms with Gasteiger partial charge in [-0.3, -0.25) is 9.59 Å². The fraction of sp³-hybridized carbons (Fsp3) is 0.471. The second kappa shape index (κ2) is 8.33. The summed E-state index contributed by atoms with van der Waals surface area (Å²) in [4.78, 5) is 37.1. The Morgan fingerprint density at radius 3 is 2.88 bits per heavy atom. The number of methoxy groups -OCH3 is 1. The van der Waals surface area contributed by atoms with Crippen LogP contribution in [0, 0.1) is 0 Å². The Balaban J connectivity index is 1.76. The Labute approximate surface area is 140 Å². The summed E-state index contributed by atoms with van der Waals surface area (Å²) in [6.07, 6.45) is 2.03. The molecular weight excluding hydrogens is 312 g/mol. The quantitative estimate of drug-likeness (QED) is 0.743. The number of aryl methyl sites for hydroxylation is 1. The number of rotatable bonds is 6. The summed E-state index contributed by atoms with van der Waals surface area (Å²) >= 11 is 0. The van der Waals surface area contributed by atoms with Gasteiger partial charge >= 0.3 is 5.97 Å². The van der Waals surface area contributed by atoms with Crippen LogP contribution in [0.25, 0.3) is 0 Å². The summed E-state index contributed by atoms with van der Waals surface area (Å²) in [5.74, 6) is -0.795. The van der Waals surface area contributed by atoms with Crippen LogP contribution in [-0.2, 0) is 25.5 Å². The van der Waals surface area contributed by atoms with Gasteiger partial charge < -0.3 is 20.1 Å². The second-order valence-electron chi connectivity index (χ2n) is 5.71. The van der Waals surface area contributed by atoms with Crippen LogP contribution in [0.15, 0.2) is 24.3 Å². The first-order valence-electron chi connectivity index (χ1n) is 7.93. The minimum atomic E-state index is -0.549. The monoisotopic (exact) mass is 334 g/mol. The van der Waals surface area contributed by atoms with Crippen molar-refractivity contribution in [1.82, 2.24) is 10.2 Å². The van der Waals surface area contributed by atoms with Gasteiger partial charge in [-0.15, -0.1) is 0 Å². The fourth-order valence-corrected chi connectivity index (χ4v) is 2.78. The van der Waals surface area contributed by atoms with E-state index in [2.05, 4.69) is 5.32 Å². The van der Waals surface area contributed by atoms with Crippen molar-refractivity contribution in [3.05, 3.63) is 29.8 Å². The molecule has 2 amide bonds. The molecule has 7 heteroatoms. The summed E-state index contributed by atoms with van der Waals surface area (Å²) in [7, 11) is 1.30. The van der Waals surface area contributed by atoms with Gasteiger partial charge in [0.15, 0.2) is 0 Å². The van der Waals surface area contributed by atoms with E-state index in [0.29, 0.717) is 19.4 Å². The molecule has 1 aliphatic heterocycles. The minimum absolute atomic E-state index is 0.133. The molecule has 7 nitrogen and oxygen atoms in total. The number of phenols is 1. The molecule has 0 aromatic heterocycles. The molecule has 130 valence electrons. The van der Waals surface area contributed by atoms with Gasteiger partial charge in [-0.1, -0.05) is 12.1 Å². The highest BCUT2D eigenvalue weighted by Crippen LogP contribution is 2.18. The van der Waals surface area contributed by atoms with Gasteiger partial charge in [-0.2, -0.15) is 0 Å². The third-order valence-corrected chi connectivity index (χ3v) is 4.03. The van der Waals surface area contributed by atoms with E-state index in [4.69, 9.17) is 4.74 Å². The number of nitrogens with zero attached hydrogens (tertiary/aromatic N) is 1. The van der Waals surface area contributed by atoms with E-state index in [0.717, 1.165) is 12.0 Å². The molecule has 1 aromatic rings.